The van der Waals surface area contributed by atoms with Crippen LogP contribution in [0.5, 0.6) is 0 Å². The first-order valence-corrected chi connectivity index (χ1v) is 11.9. The molecule has 1 N–H and O–H groups in total. The van der Waals surface area contributed by atoms with Gasteiger partial charge in [-0.25, -0.2) is 0 Å². The summed E-state index contributed by atoms with van der Waals surface area (Å²) < 4.78 is 5.50. The lowest BCUT2D eigenvalue weighted by molar-refractivity contribution is -0.180. The molecule has 4 saturated carbocycles. The van der Waals surface area contributed by atoms with Gasteiger partial charge in [-0.2, -0.15) is 0 Å². The van der Waals surface area contributed by atoms with Gasteiger partial charge in [-0.15, -0.1) is 0 Å². The number of carbonyl (C=O) groups excluding carboxylic acids is 3. The molecule has 0 aliphatic heterocycles. The monoisotopic (exact) mass is 468 g/mol. The van der Waals surface area contributed by atoms with E-state index in [1.807, 2.05) is 6.92 Å². The van der Waals surface area contributed by atoms with Crippen LogP contribution in [0, 0.1) is 34.5 Å². The summed E-state index contributed by atoms with van der Waals surface area (Å²) in [6.45, 7) is 7.13. The molecule has 4 aliphatic rings. The third-order valence-electron chi connectivity index (χ3n) is 9.35. The quantitative estimate of drug-likeness (QED) is 0.491. The fourth-order valence-electron chi connectivity index (χ4n) is 7.97. The van der Waals surface area contributed by atoms with Crippen molar-refractivity contribution in [1.82, 2.24) is 0 Å². The molecule has 0 aromatic carbocycles. The van der Waals surface area contributed by atoms with Gasteiger partial charge >= 0.3 is 5.97 Å². The fraction of sp³-hybridized carbons (Fsp3) is 0.870. The number of carbonyl (C=O) groups is 3. The number of ketones is 2. The molecule has 0 aromatic rings. The molecule has 4 aliphatic carbocycles. The number of fused-ring (bicyclic) bond motifs is 5. The van der Waals surface area contributed by atoms with Gasteiger partial charge in [0, 0.05) is 24.7 Å². The lowest BCUT2D eigenvalue weighted by Crippen LogP contribution is -2.62. The predicted molar refractivity (Wildman–Crippen MR) is 111 cm³/mol. The summed E-state index contributed by atoms with van der Waals surface area (Å²) in [6, 6.07) is 0. The average molecular weight is 469 g/mol. The third kappa shape index (κ3) is 2.84. The van der Waals surface area contributed by atoms with E-state index in [9.17, 15) is 19.5 Å². The topological polar surface area (TPSA) is 80.7 Å². The summed E-state index contributed by atoms with van der Waals surface area (Å²) in [5.41, 5.74) is -2.27. The lowest BCUT2D eigenvalue weighted by Gasteiger charge is -2.60. The minimum Gasteiger partial charge on any atom is -0.463 e. The minimum absolute atomic E-state index is 0.0217. The van der Waals surface area contributed by atoms with E-state index in [1.54, 1.807) is 0 Å². The van der Waals surface area contributed by atoms with Crippen LogP contribution in [0.4, 0.5) is 0 Å². The third-order valence-corrected chi connectivity index (χ3v) is 10.4. The molecule has 162 valence electrons. The second-order valence-electron chi connectivity index (χ2n) is 10.6. The van der Waals surface area contributed by atoms with Gasteiger partial charge in [0.05, 0.1) is 4.83 Å². The van der Waals surface area contributed by atoms with Gasteiger partial charge in [0.1, 0.15) is 17.5 Å². The highest BCUT2D eigenvalue weighted by Gasteiger charge is 2.71. The van der Waals surface area contributed by atoms with Crippen LogP contribution in [-0.4, -0.2) is 39.2 Å². The molecule has 4 rings (SSSR count). The largest absolute Gasteiger partial charge is 0.463 e. The summed E-state index contributed by atoms with van der Waals surface area (Å²) in [5, 5.41) is 11.4. The maximum absolute atomic E-state index is 13.6. The van der Waals surface area contributed by atoms with Gasteiger partial charge in [-0.3, -0.25) is 14.4 Å². The normalized spacial score (nSPS) is 51.6. The molecule has 0 aromatic heterocycles. The highest BCUT2D eigenvalue weighted by molar-refractivity contribution is 9.09. The summed E-state index contributed by atoms with van der Waals surface area (Å²) >= 11 is 3.61. The van der Waals surface area contributed by atoms with Crippen molar-refractivity contribution in [2.75, 3.05) is 0 Å². The molecule has 4 fully saturated rings. The highest BCUT2D eigenvalue weighted by atomic mass is 79.9. The van der Waals surface area contributed by atoms with E-state index in [0.29, 0.717) is 5.92 Å². The van der Waals surface area contributed by atoms with Gasteiger partial charge in [0.25, 0.3) is 0 Å². The van der Waals surface area contributed by atoms with E-state index in [0.717, 1.165) is 38.5 Å². The summed E-state index contributed by atoms with van der Waals surface area (Å²) in [7, 11) is 0. The van der Waals surface area contributed by atoms with Crippen molar-refractivity contribution in [2.45, 2.75) is 89.2 Å². The Morgan fingerprint density at radius 1 is 1.14 bits per heavy atom. The van der Waals surface area contributed by atoms with Crippen molar-refractivity contribution in [2.24, 2.45) is 34.5 Å². The van der Waals surface area contributed by atoms with Crippen molar-refractivity contribution in [3.05, 3.63) is 0 Å². The molecule has 9 atom stereocenters. The van der Waals surface area contributed by atoms with Crippen LogP contribution in [0.25, 0.3) is 0 Å². The summed E-state index contributed by atoms with van der Waals surface area (Å²) in [6.07, 6.45) is 5.46. The number of ether oxygens (including phenoxy) is 1. The van der Waals surface area contributed by atoms with E-state index >= 15 is 0 Å². The van der Waals surface area contributed by atoms with Crippen LogP contribution in [0.1, 0.15) is 72.6 Å². The Morgan fingerprint density at radius 3 is 2.45 bits per heavy atom. The van der Waals surface area contributed by atoms with Crippen LogP contribution in [-0.2, 0) is 19.1 Å². The Morgan fingerprint density at radius 2 is 1.83 bits per heavy atom. The fourth-order valence-corrected chi connectivity index (χ4v) is 9.22. The van der Waals surface area contributed by atoms with Gasteiger partial charge in [0.2, 0.25) is 0 Å². The first kappa shape index (κ1) is 21.5. The smallest absolute Gasteiger partial charge is 0.302 e. The molecule has 0 spiro atoms. The van der Waals surface area contributed by atoms with Crippen LogP contribution >= 0.6 is 15.9 Å². The number of esters is 1. The van der Waals surface area contributed by atoms with Crippen LogP contribution in [0.3, 0.4) is 0 Å². The zero-order valence-electron chi connectivity index (χ0n) is 17.9. The van der Waals surface area contributed by atoms with E-state index < -0.39 is 11.0 Å². The number of hydrogen-bond donors (Lipinski definition) is 1. The number of halogens is 1. The van der Waals surface area contributed by atoms with Gasteiger partial charge in [-0.05, 0) is 68.6 Å². The number of aliphatic hydroxyl groups is 1. The Hall–Kier alpha value is -0.750. The van der Waals surface area contributed by atoms with Crippen molar-refractivity contribution in [3.63, 3.8) is 0 Å². The second kappa shape index (κ2) is 6.88. The van der Waals surface area contributed by atoms with E-state index in [2.05, 4.69) is 22.9 Å². The highest BCUT2D eigenvalue weighted by Crippen LogP contribution is 2.68. The molecule has 6 heteroatoms. The Kier molecular flexibility index (Phi) is 5.09. The molecule has 0 radical (unpaired) electrons. The number of rotatable bonds is 2. The molecule has 0 amide bonds. The maximum atomic E-state index is 13.6. The SMILES string of the molecule is CC(=O)O[C@@H]1CC[C@@]2(C)[C@@H](CC[C@@H]3[C@H]2C(=O)C[C@]2(C)[C@@H]3C[C@H](Br)[C@]2(O)C(C)=O)C1. The molecule has 5 nitrogen and oxygen atoms in total. The maximum Gasteiger partial charge on any atom is 0.302 e. The van der Waals surface area contributed by atoms with Crippen molar-refractivity contribution < 1.29 is 24.2 Å². The average Bonchev–Trinajstić information content (AvgIpc) is 2.82. The Labute approximate surface area is 181 Å². The Balaban J connectivity index is 1.65. The second-order valence-corrected chi connectivity index (χ2v) is 11.7. The minimum atomic E-state index is -1.48. The van der Waals surface area contributed by atoms with Gasteiger partial charge in [-0.1, -0.05) is 29.8 Å². The molecule has 0 unspecified atom stereocenters. The van der Waals surface area contributed by atoms with E-state index in [4.69, 9.17) is 4.74 Å². The standard InChI is InChI=1S/C23H33BrO5/c1-12(25)23(28)19(24)10-17-16-6-5-14-9-15(29-13(2)26)7-8-21(14,3)20(16)18(27)11-22(17,23)4/h14-17,19-20,28H,5-11H2,1-4H3/t14-,15+,16-,17+,19-,20-,21-,22+,23+/m0/s1. The molecule has 0 saturated heterocycles. The van der Waals surface area contributed by atoms with Gasteiger partial charge in [0.15, 0.2) is 5.78 Å². The van der Waals surface area contributed by atoms with Crippen molar-refractivity contribution in [3.8, 4) is 0 Å². The first-order valence-electron chi connectivity index (χ1n) is 11.0. The van der Waals surface area contributed by atoms with Crippen molar-refractivity contribution >= 4 is 33.5 Å². The lowest BCUT2D eigenvalue weighted by atomic mass is 9.44. The zero-order valence-corrected chi connectivity index (χ0v) is 19.5. The molecule has 0 heterocycles. The summed E-state index contributed by atoms with van der Waals surface area (Å²) in [4.78, 5) is 37.2. The van der Waals surface area contributed by atoms with E-state index in [1.165, 1.54) is 13.8 Å². The molecule has 29 heavy (non-hydrogen) atoms. The number of alkyl halides is 1. The number of hydrogen-bond acceptors (Lipinski definition) is 5. The Bertz CT molecular complexity index is 752. The van der Waals surface area contributed by atoms with E-state index in [-0.39, 0.29) is 58.1 Å². The molecule has 0 bridgehead atoms. The zero-order chi connectivity index (χ0) is 21.4. The van der Waals surface area contributed by atoms with Crippen LogP contribution < -0.4 is 0 Å². The molecular formula is C23H33BrO5. The first-order chi connectivity index (χ1) is 13.4. The molecular weight excluding hydrogens is 436 g/mol. The number of Topliss-reactive ketones (excluding diaryl/α,β-unsaturated/α-hetero) is 2. The van der Waals surface area contributed by atoms with Crippen molar-refractivity contribution in [1.29, 1.82) is 0 Å². The van der Waals surface area contributed by atoms with Crippen LogP contribution in [0.15, 0.2) is 0 Å². The summed E-state index contributed by atoms with van der Waals surface area (Å²) in [5.74, 6) is 0.475. The van der Waals surface area contributed by atoms with Crippen LogP contribution in [0.2, 0.25) is 0 Å². The van der Waals surface area contributed by atoms with Gasteiger partial charge < -0.3 is 9.84 Å². The predicted octanol–water partition coefficient (Wildman–Crippen LogP) is 3.83.